The predicted octanol–water partition coefficient (Wildman–Crippen LogP) is 18.6. The van der Waals surface area contributed by atoms with Crippen LogP contribution in [0.15, 0.2) is 134 Å². The summed E-state index contributed by atoms with van der Waals surface area (Å²) in [6.45, 7) is 6.30. The Morgan fingerprint density at radius 1 is 0.304 bits per heavy atom. The van der Waals surface area contributed by atoms with Gasteiger partial charge in [0.1, 0.15) is 13.2 Å². The van der Waals surface area contributed by atoms with Gasteiger partial charge in [0, 0.05) is 19.3 Å². The van der Waals surface area contributed by atoms with E-state index in [1.54, 1.807) is 0 Å². The molecule has 0 fully saturated rings. The summed E-state index contributed by atoms with van der Waals surface area (Å²) in [5.74, 6) is -1.06. The number of rotatable bonds is 48. The first-order valence-electron chi connectivity index (χ1n) is 27.7. The van der Waals surface area contributed by atoms with Crippen LogP contribution in [0.1, 0.15) is 226 Å². The molecule has 0 heterocycles. The number of carbonyl (C=O) groups excluding carboxylic acids is 3. The second kappa shape index (κ2) is 56.1. The van der Waals surface area contributed by atoms with Crippen molar-refractivity contribution in [3.8, 4) is 0 Å². The third kappa shape index (κ3) is 54.4. The molecular weight excluding hydrogens is 853 g/mol. The van der Waals surface area contributed by atoms with Gasteiger partial charge in [-0.05, 0) is 122 Å². The minimum absolute atomic E-state index is 0.123. The van der Waals surface area contributed by atoms with E-state index in [0.717, 1.165) is 116 Å². The largest absolute Gasteiger partial charge is 0.462 e. The van der Waals surface area contributed by atoms with Gasteiger partial charge in [0.15, 0.2) is 6.10 Å². The van der Waals surface area contributed by atoms with Gasteiger partial charge in [-0.3, -0.25) is 14.4 Å². The molecule has 0 aliphatic heterocycles. The summed E-state index contributed by atoms with van der Waals surface area (Å²) in [6.07, 6.45) is 78.8. The van der Waals surface area contributed by atoms with Gasteiger partial charge in [-0.1, -0.05) is 219 Å². The predicted molar refractivity (Wildman–Crippen MR) is 297 cm³/mol. The molecule has 1 atom stereocenters. The average Bonchev–Trinajstić information content (AvgIpc) is 3.35. The molecular formula is C63H100O6. The van der Waals surface area contributed by atoms with Crippen LogP contribution >= 0.6 is 0 Å². The lowest BCUT2D eigenvalue weighted by Gasteiger charge is -2.18. The van der Waals surface area contributed by atoms with E-state index >= 15 is 0 Å². The second-order valence-corrected chi connectivity index (χ2v) is 17.7. The average molecular weight is 953 g/mol. The monoisotopic (exact) mass is 953 g/mol. The maximum absolute atomic E-state index is 12.8. The standard InChI is InChI=1S/C63H100O6/c1-4-7-10-13-16-19-22-25-28-31-32-33-36-38-41-44-47-50-53-56-62(65)68-59-60(69-63(66)57-54-51-48-45-42-39-35-30-27-24-21-18-15-12-9-6-3)58-67-61(64)55-52-49-46-43-40-37-34-29-26-23-20-17-14-11-8-5-2/h7,9-10,12,16,18-19,21,25,27-30,32-34,38-39,41-42,47,50,60H,4-6,8,11,13-15,17,20,22-24,26,31,35-37,40,43-46,48-49,51-59H2,1-3H3/b10-7-,12-9-,19-16-,21-18-,28-25-,30-27-,33-32-,34-29-,41-38-,42-39-,50-47-. The van der Waals surface area contributed by atoms with Crippen LogP contribution in [-0.4, -0.2) is 37.2 Å². The molecule has 0 aromatic carbocycles. The Balaban J connectivity index is 4.59. The van der Waals surface area contributed by atoms with E-state index in [-0.39, 0.29) is 44.0 Å². The zero-order valence-corrected chi connectivity index (χ0v) is 44.3. The van der Waals surface area contributed by atoms with Crippen LogP contribution in [0.4, 0.5) is 0 Å². The molecule has 0 aliphatic carbocycles. The summed E-state index contributed by atoms with van der Waals surface area (Å²) < 4.78 is 16.7. The first-order valence-corrected chi connectivity index (χ1v) is 27.7. The van der Waals surface area contributed by atoms with Crippen LogP contribution in [0.25, 0.3) is 0 Å². The normalized spacial score (nSPS) is 13.1. The lowest BCUT2D eigenvalue weighted by Crippen LogP contribution is -2.30. The Labute approximate surface area is 424 Å². The number of hydrogen-bond acceptors (Lipinski definition) is 6. The number of allylic oxidation sites excluding steroid dienone is 22. The first kappa shape index (κ1) is 64.5. The molecule has 388 valence electrons. The van der Waals surface area contributed by atoms with Crippen LogP contribution in [0, 0.1) is 0 Å². The van der Waals surface area contributed by atoms with Crippen LogP contribution in [0.2, 0.25) is 0 Å². The minimum atomic E-state index is -0.834. The molecule has 6 nitrogen and oxygen atoms in total. The molecule has 1 unspecified atom stereocenters. The lowest BCUT2D eigenvalue weighted by atomic mass is 10.1. The zero-order valence-electron chi connectivity index (χ0n) is 44.3. The maximum Gasteiger partial charge on any atom is 0.306 e. The molecule has 0 saturated carbocycles. The van der Waals surface area contributed by atoms with Gasteiger partial charge in [0.05, 0.1) is 0 Å². The molecule has 0 saturated heterocycles. The third-order valence-electron chi connectivity index (χ3n) is 11.1. The van der Waals surface area contributed by atoms with E-state index in [1.807, 2.05) is 12.2 Å². The van der Waals surface area contributed by atoms with Gasteiger partial charge in [-0.2, -0.15) is 0 Å². The molecule has 0 N–H and O–H groups in total. The van der Waals surface area contributed by atoms with Crippen LogP contribution in [0.5, 0.6) is 0 Å². The maximum atomic E-state index is 12.8. The zero-order chi connectivity index (χ0) is 50.0. The van der Waals surface area contributed by atoms with E-state index in [2.05, 4.69) is 142 Å². The molecule has 0 aromatic rings. The molecule has 0 spiro atoms. The molecule has 0 radical (unpaired) electrons. The van der Waals surface area contributed by atoms with Crippen molar-refractivity contribution in [1.29, 1.82) is 0 Å². The van der Waals surface area contributed by atoms with Crippen LogP contribution in [-0.2, 0) is 28.6 Å². The highest BCUT2D eigenvalue weighted by Gasteiger charge is 2.19. The first-order chi connectivity index (χ1) is 34.0. The molecule has 0 bridgehead atoms. The summed E-state index contributed by atoms with van der Waals surface area (Å²) in [7, 11) is 0. The molecule has 0 amide bonds. The van der Waals surface area contributed by atoms with E-state index in [1.165, 1.54) is 57.8 Å². The van der Waals surface area contributed by atoms with Gasteiger partial charge in [-0.25, -0.2) is 0 Å². The van der Waals surface area contributed by atoms with Crippen molar-refractivity contribution in [2.75, 3.05) is 13.2 Å². The fraction of sp³-hybridized carbons (Fsp3) is 0.603. The molecule has 0 aliphatic rings. The van der Waals surface area contributed by atoms with Gasteiger partial charge < -0.3 is 14.2 Å². The summed E-state index contributed by atoms with van der Waals surface area (Å²) in [5, 5.41) is 0. The number of ether oxygens (including phenoxy) is 3. The van der Waals surface area contributed by atoms with Crippen LogP contribution < -0.4 is 0 Å². The Bertz CT molecular complexity index is 1510. The number of carbonyl (C=O) groups is 3. The third-order valence-corrected chi connectivity index (χ3v) is 11.1. The lowest BCUT2D eigenvalue weighted by molar-refractivity contribution is -0.166. The Hall–Kier alpha value is -4.45. The highest BCUT2D eigenvalue weighted by Crippen LogP contribution is 2.13. The van der Waals surface area contributed by atoms with Crippen molar-refractivity contribution in [2.24, 2.45) is 0 Å². The topological polar surface area (TPSA) is 78.9 Å². The number of esters is 3. The second-order valence-electron chi connectivity index (χ2n) is 17.7. The minimum Gasteiger partial charge on any atom is -0.462 e. The number of unbranched alkanes of at least 4 members (excludes halogenated alkanes) is 15. The molecule has 69 heavy (non-hydrogen) atoms. The van der Waals surface area contributed by atoms with Crippen molar-refractivity contribution >= 4 is 17.9 Å². The Morgan fingerprint density at radius 3 is 1.00 bits per heavy atom. The summed E-state index contributed by atoms with van der Waals surface area (Å²) >= 11 is 0. The SMILES string of the molecule is CC/C=C\C/C=C\C/C=C\C/C=C\C/C=C\C/C=C\CCC(=O)OCC(COC(=O)CCCCCCC/C=C\CCCCCCCCC)OC(=O)CCCCC/C=C\C/C=C\C/C=C\C/C=C\CC. The van der Waals surface area contributed by atoms with E-state index in [0.29, 0.717) is 19.3 Å². The van der Waals surface area contributed by atoms with Gasteiger partial charge >= 0.3 is 17.9 Å². The molecule has 0 aromatic heterocycles. The Morgan fingerprint density at radius 2 is 0.594 bits per heavy atom. The fourth-order valence-corrected chi connectivity index (χ4v) is 7.04. The summed E-state index contributed by atoms with van der Waals surface area (Å²) in [4.78, 5) is 38.1. The van der Waals surface area contributed by atoms with E-state index in [4.69, 9.17) is 14.2 Å². The van der Waals surface area contributed by atoms with Crippen molar-refractivity contribution in [3.05, 3.63) is 134 Å². The summed E-state index contributed by atoms with van der Waals surface area (Å²) in [5.41, 5.74) is 0. The highest BCUT2D eigenvalue weighted by atomic mass is 16.6. The molecule has 0 rings (SSSR count). The smallest absolute Gasteiger partial charge is 0.306 e. The van der Waals surface area contributed by atoms with Crippen molar-refractivity contribution in [2.45, 2.75) is 232 Å². The Kier molecular flexibility index (Phi) is 52.5. The van der Waals surface area contributed by atoms with Gasteiger partial charge in [-0.15, -0.1) is 0 Å². The van der Waals surface area contributed by atoms with Crippen molar-refractivity contribution in [1.82, 2.24) is 0 Å². The number of hydrogen-bond donors (Lipinski definition) is 0. The van der Waals surface area contributed by atoms with Gasteiger partial charge in [0.25, 0.3) is 0 Å². The van der Waals surface area contributed by atoms with Crippen molar-refractivity contribution < 1.29 is 28.6 Å². The summed E-state index contributed by atoms with van der Waals surface area (Å²) in [6, 6.07) is 0. The van der Waals surface area contributed by atoms with Gasteiger partial charge in [0.2, 0.25) is 0 Å². The van der Waals surface area contributed by atoms with Crippen molar-refractivity contribution in [3.63, 3.8) is 0 Å². The fourth-order valence-electron chi connectivity index (χ4n) is 7.04. The quantitative estimate of drug-likeness (QED) is 0.0262. The van der Waals surface area contributed by atoms with E-state index in [9.17, 15) is 14.4 Å². The molecule has 6 heteroatoms. The van der Waals surface area contributed by atoms with Crippen LogP contribution in [0.3, 0.4) is 0 Å². The highest BCUT2D eigenvalue weighted by molar-refractivity contribution is 5.71. The van der Waals surface area contributed by atoms with E-state index < -0.39 is 6.10 Å².